The number of carbonyl (C=O) groups is 1. The van der Waals surface area contributed by atoms with Gasteiger partial charge in [0.2, 0.25) is 5.60 Å². The van der Waals surface area contributed by atoms with Crippen molar-refractivity contribution >= 4 is 17.7 Å². The number of nitrogens with zero attached hydrogens (tertiary/aromatic N) is 1. The van der Waals surface area contributed by atoms with E-state index in [1.807, 2.05) is 18.2 Å². The molecule has 2 aromatic rings. The Morgan fingerprint density at radius 2 is 2.03 bits per heavy atom. The van der Waals surface area contributed by atoms with Crippen LogP contribution in [0.1, 0.15) is 36.1 Å². The number of fused-ring (bicyclic) bond motifs is 1. The van der Waals surface area contributed by atoms with Gasteiger partial charge in [-0.15, -0.1) is 0 Å². The number of aliphatic hydroxyl groups is 1. The van der Waals surface area contributed by atoms with Crippen molar-refractivity contribution in [2.24, 2.45) is 11.7 Å². The molecule has 2 atom stereocenters. The Morgan fingerprint density at radius 3 is 2.64 bits per heavy atom. The van der Waals surface area contributed by atoms with Crippen LogP contribution in [0.3, 0.4) is 0 Å². The number of rotatable bonds is 6. The number of ether oxygens (including phenoxy) is 2. The number of hydrogen-bond donors (Lipinski definition) is 3. The van der Waals surface area contributed by atoms with Crippen molar-refractivity contribution in [1.82, 2.24) is 10.3 Å². The van der Waals surface area contributed by atoms with E-state index in [0.29, 0.717) is 0 Å². The maximum Gasteiger partial charge on any atom is 0.424 e. The van der Waals surface area contributed by atoms with Gasteiger partial charge < -0.3 is 25.6 Å². The van der Waals surface area contributed by atoms with Crippen molar-refractivity contribution in [2.75, 3.05) is 13.2 Å². The summed E-state index contributed by atoms with van der Waals surface area (Å²) in [6.45, 7) is -0.952. The SMILES string of the molecule is NCC(O)(c1cc2c(c(Cl)n1)OCCC2(NC(=O)OCc1ccccc1)C1CC1)C(F)(F)F. The van der Waals surface area contributed by atoms with E-state index in [0.717, 1.165) is 24.5 Å². The molecule has 1 amide bonds. The summed E-state index contributed by atoms with van der Waals surface area (Å²) in [6, 6.07) is 10.1. The number of alkyl halides is 3. The number of hydrogen-bond acceptors (Lipinski definition) is 6. The van der Waals surface area contributed by atoms with Crippen LogP contribution in [0.25, 0.3) is 0 Å². The first-order valence-corrected chi connectivity index (χ1v) is 10.8. The summed E-state index contributed by atoms with van der Waals surface area (Å²) in [4.78, 5) is 16.5. The Labute approximate surface area is 193 Å². The lowest BCUT2D eigenvalue weighted by Crippen LogP contribution is -2.52. The van der Waals surface area contributed by atoms with Crippen molar-refractivity contribution in [3.05, 3.63) is 58.4 Å². The van der Waals surface area contributed by atoms with E-state index in [9.17, 15) is 23.1 Å². The Morgan fingerprint density at radius 1 is 1.33 bits per heavy atom. The number of aromatic nitrogens is 1. The highest BCUT2D eigenvalue weighted by Crippen LogP contribution is 2.54. The van der Waals surface area contributed by atoms with Gasteiger partial charge in [-0.2, -0.15) is 13.2 Å². The zero-order valence-electron chi connectivity index (χ0n) is 17.5. The van der Waals surface area contributed by atoms with Crippen LogP contribution in [-0.2, 0) is 22.5 Å². The molecule has 11 heteroatoms. The summed E-state index contributed by atoms with van der Waals surface area (Å²) < 4.78 is 51.9. The third-order valence-electron chi connectivity index (χ3n) is 6.16. The van der Waals surface area contributed by atoms with Gasteiger partial charge in [0.1, 0.15) is 6.61 Å². The molecule has 1 aromatic heterocycles. The van der Waals surface area contributed by atoms with Gasteiger partial charge in [0.15, 0.2) is 10.9 Å². The zero-order chi connectivity index (χ0) is 23.9. The molecule has 7 nitrogen and oxygen atoms in total. The van der Waals surface area contributed by atoms with Crippen LogP contribution in [0.5, 0.6) is 5.75 Å². The third-order valence-corrected chi connectivity index (χ3v) is 6.41. The van der Waals surface area contributed by atoms with E-state index in [2.05, 4.69) is 10.3 Å². The lowest BCUT2D eigenvalue weighted by Gasteiger charge is -2.40. The first-order valence-electron chi connectivity index (χ1n) is 10.4. The summed E-state index contributed by atoms with van der Waals surface area (Å²) in [5.41, 5.74) is 1.06. The predicted octanol–water partition coefficient (Wildman–Crippen LogP) is 3.76. The highest BCUT2D eigenvalue weighted by molar-refractivity contribution is 6.31. The normalized spacial score (nSPS) is 22.0. The van der Waals surface area contributed by atoms with Gasteiger partial charge in [-0.05, 0) is 30.4 Å². The molecule has 2 heterocycles. The second-order valence-corrected chi connectivity index (χ2v) is 8.63. The number of alkyl carbamates (subject to hydrolysis) is 1. The monoisotopic (exact) mass is 485 g/mol. The molecule has 2 unspecified atom stereocenters. The lowest BCUT2D eigenvalue weighted by molar-refractivity contribution is -0.263. The van der Waals surface area contributed by atoms with Crippen LogP contribution in [0.15, 0.2) is 36.4 Å². The average molecular weight is 486 g/mol. The summed E-state index contributed by atoms with van der Waals surface area (Å²) in [6.07, 6.45) is -4.04. The van der Waals surface area contributed by atoms with E-state index >= 15 is 0 Å². The number of pyridine rings is 1. The standard InChI is InChI=1S/C22H23ClF3N3O4/c23-18-17-15(10-16(28-18)21(31,12-27)22(24,25)26)20(8-9-32-17,14-6-7-14)29-19(30)33-11-13-4-2-1-3-5-13/h1-5,10,14,31H,6-9,11-12,27H2,(H,29,30). The van der Waals surface area contributed by atoms with Gasteiger partial charge in [0, 0.05) is 18.5 Å². The summed E-state index contributed by atoms with van der Waals surface area (Å²) in [7, 11) is 0. The smallest absolute Gasteiger partial charge is 0.424 e. The van der Waals surface area contributed by atoms with Crippen molar-refractivity contribution in [2.45, 2.75) is 43.2 Å². The molecule has 1 saturated carbocycles. The topological polar surface area (TPSA) is 107 Å². The molecule has 1 aromatic carbocycles. The van der Waals surface area contributed by atoms with E-state index in [1.54, 1.807) is 12.1 Å². The van der Waals surface area contributed by atoms with Gasteiger partial charge in [-0.1, -0.05) is 41.9 Å². The van der Waals surface area contributed by atoms with Crippen LogP contribution in [0.2, 0.25) is 5.15 Å². The van der Waals surface area contributed by atoms with Gasteiger partial charge in [0.25, 0.3) is 0 Å². The third kappa shape index (κ3) is 4.34. The quantitative estimate of drug-likeness (QED) is 0.538. The second-order valence-electron chi connectivity index (χ2n) is 8.27. The molecule has 4 N–H and O–H groups in total. The number of benzene rings is 1. The minimum absolute atomic E-state index is 0.0279. The first-order chi connectivity index (χ1) is 15.6. The number of nitrogens with one attached hydrogen (secondary N) is 1. The highest BCUT2D eigenvalue weighted by atomic mass is 35.5. The Balaban J connectivity index is 1.70. The molecule has 2 aliphatic rings. The van der Waals surface area contributed by atoms with Crippen LogP contribution < -0.4 is 15.8 Å². The van der Waals surface area contributed by atoms with E-state index < -0.39 is 35.6 Å². The van der Waals surface area contributed by atoms with E-state index in [-0.39, 0.29) is 42.0 Å². The minimum Gasteiger partial charge on any atom is -0.490 e. The highest BCUT2D eigenvalue weighted by Gasteiger charge is 2.57. The van der Waals surface area contributed by atoms with Gasteiger partial charge >= 0.3 is 12.3 Å². The molecule has 0 bridgehead atoms. The second kappa shape index (κ2) is 8.66. The van der Waals surface area contributed by atoms with Crippen LogP contribution in [0, 0.1) is 5.92 Å². The maximum absolute atomic E-state index is 13.7. The van der Waals surface area contributed by atoms with Crippen molar-refractivity contribution in [3.8, 4) is 5.75 Å². The number of halogens is 4. The minimum atomic E-state index is -5.09. The number of amides is 1. The molecule has 33 heavy (non-hydrogen) atoms. The van der Waals surface area contributed by atoms with Crippen LogP contribution in [-0.4, -0.2) is 35.5 Å². The number of carbonyl (C=O) groups excluding carboxylic acids is 1. The van der Waals surface area contributed by atoms with E-state index in [4.69, 9.17) is 26.8 Å². The Kier molecular flexibility index (Phi) is 6.19. The van der Waals surface area contributed by atoms with E-state index in [1.165, 1.54) is 0 Å². The molecule has 0 spiro atoms. The zero-order valence-corrected chi connectivity index (χ0v) is 18.2. The molecule has 1 fully saturated rings. The molecule has 0 radical (unpaired) electrons. The largest absolute Gasteiger partial charge is 0.490 e. The molecule has 1 aliphatic heterocycles. The fourth-order valence-electron chi connectivity index (χ4n) is 4.17. The predicted molar refractivity (Wildman–Crippen MR) is 113 cm³/mol. The molecule has 178 valence electrons. The van der Waals surface area contributed by atoms with Crippen molar-refractivity contribution in [3.63, 3.8) is 0 Å². The molecular formula is C22H23ClF3N3O4. The lowest BCUT2D eigenvalue weighted by atomic mass is 9.79. The van der Waals surface area contributed by atoms with Crippen molar-refractivity contribution in [1.29, 1.82) is 0 Å². The Bertz CT molecular complexity index is 1040. The Hall–Kier alpha value is -2.56. The first kappa shape index (κ1) is 23.6. The molecule has 1 aliphatic carbocycles. The molecule has 0 saturated heterocycles. The van der Waals surface area contributed by atoms with Crippen LogP contribution in [0.4, 0.5) is 18.0 Å². The maximum atomic E-state index is 13.7. The average Bonchev–Trinajstić information content (AvgIpc) is 3.63. The van der Waals surface area contributed by atoms with Gasteiger partial charge in [-0.25, -0.2) is 9.78 Å². The van der Waals surface area contributed by atoms with Crippen molar-refractivity contribution < 1.29 is 32.5 Å². The fraction of sp³-hybridized carbons (Fsp3) is 0.455. The van der Waals surface area contributed by atoms with Gasteiger partial charge in [-0.3, -0.25) is 0 Å². The summed E-state index contributed by atoms with van der Waals surface area (Å²) in [5, 5.41) is 12.9. The van der Waals surface area contributed by atoms with Crippen LogP contribution >= 0.6 is 11.6 Å². The van der Waals surface area contributed by atoms with Gasteiger partial charge in [0.05, 0.1) is 17.8 Å². The summed E-state index contributed by atoms with van der Waals surface area (Å²) >= 11 is 6.19. The fourth-order valence-corrected chi connectivity index (χ4v) is 4.42. The number of nitrogens with two attached hydrogens (primary N) is 1. The molecule has 4 rings (SSSR count). The summed E-state index contributed by atoms with van der Waals surface area (Å²) in [5.74, 6) is 0.0103. The molecular weight excluding hydrogens is 463 g/mol.